The van der Waals surface area contributed by atoms with Gasteiger partial charge >= 0.3 is 0 Å². The van der Waals surface area contributed by atoms with Gasteiger partial charge in [0.1, 0.15) is 12.1 Å². The molecule has 8 aliphatic heterocycles. The average molecular weight is 1320 g/mol. The predicted molar refractivity (Wildman–Crippen MR) is 425 cm³/mol. The van der Waals surface area contributed by atoms with E-state index in [1.54, 1.807) is 0 Å². The molecule has 100 heavy (non-hydrogen) atoms. The minimum atomic E-state index is -0.424. The quantitative estimate of drug-likeness (QED) is 0.138. The van der Waals surface area contributed by atoms with Crippen LogP contribution in [-0.2, 0) is 43.3 Å². The molecule has 2 aromatic heterocycles. The van der Waals surface area contributed by atoms with Crippen LogP contribution in [0, 0.1) is 0 Å². The van der Waals surface area contributed by atoms with E-state index in [-0.39, 0.29) is 55.4 Å². The summed E-state index contributed by atoms with van der Waals surface area (Å²) in [4.78, 5) is 31.9. The van der Waals surface area contributed by atoms with Crippen molar-refractivity contribution in [2.75, 3.05) is 0 Å². The second-order valence-electron chi connectivity index (χ2n) is 37.7. The van der Waals surface area contributed by atoms with Crippen molar-refractivity contribution in [2.45, 2.75) is 234 Å². The molecule has 10 heterocycles. The Hall–Kier alpha value is -8.88. The molecule has 6 aromatic rings. The Bertz CT molecular complexity index is 4500. The molecule has 4 N–H and O–H groups in total. The fourth-order valence-corrected chi connectivity index (χ4v) is 14.8. The molecule has 14 rings (SSSR count). The Kier molecular flexibility index (Phi) is 15.9. The number of nitrogens with one attached hydrogen (secondary N) is 4. The zero-order valence-corrected chi connectivity index (χ0v) is 64.1. The number of fused-ring (bicyclic) bond motifs is 16. The van der Waals surface area contributed by atoms with E-state index in [1.165, 1.54) is 44.5 Å². The van der Waals surface area contributed by atoms with Crippen molar-refractivity contribution in [3.63, 3.8) is 0 Å². The van der Waals surface area contributed by atoms with Gasteiger partial charge < -0.3 is 20.6 Å². The highest BCUT2D eigenvalue weighted by molar-refractivity contribution is 6.43. The van der Waals surface area contributed by atoms with Crippen molar-refractivity contribution in [1.29, 1.82) is 0 Å². The topological polar surface area (TPSA) is 105 Å². The number of H-pyrrole nitrogens is 2. The molecule has 0 saturated heterocycles. The fraction of sp³-hybridized carbons (Fsp3) is 0.391. The summed E-state index contributed by atoms with van der Waals surface area (Å²) in [5.41, 5.74) is 31.5. The summed E-state index contributed by atoms with van der Waals surface area (Å²) in [6.45, 7) is 55.8. The molecular formula is C92H106N8. The lowest BCUT2D eigenvalue weighted by Gasteiger charge is -2.28. The van der Waals surface area contributed by atoms with Crippen molar-refractivity contribution in [1.82, 2.24) is 20.6 Å². The smallest absolute Gasteiger partial charge is 0.110 e. The van der Waals surface area contributed by atoms with E-state index in [2.05, 4.69) is 345 Å². The Morgan fingerprint density at radius 2 is 0.570 bits per heavy atom. The molecule has 8 nitrogen and oxygen atoms in total. The highest BCUT2D eigenvalue weighted by Crippen LogP contribution is 2.49. The van der Waals surface area contributed by atoms with Crippen LogP contribution in [0.15, 0.2) is 212 Å². The van der Waals surface area contributed by atoms with E-state index in [0.29, 0.717) is 0 Å². The molecule has 16 bridgehead atoms. The molecule has 8 aliphatic rings. The van der Waals surface area contributed by atoms with Crippen LogP contribution in [0.2, 0.25) is 0 Å². The van der Waals surface area contributed by atoms with Crippen LogP contribution in [0.3, 0.4) is 0 Å². The molecule has 0 saturated carbocycles. The Balaban J connectivity index is 1.06. The maximum Gasteiger partial charge on any atom is 0.110 e. The van der Waals surface area contributed by atoms with Crippen LogP contribution >= 0.6 is 0 Å². The SMILES string of the molecule is CC(C)(C)c1cc(/C2=C3\C=CC(N3)C3=N/C(=C(/c4cc(C(C)(C)C)cc(C(C)(C)C)c4)c4ccc([nH]4)C4C=C(C5=CC6N=C5/C(c5cc(C(C)(C)C)cc(C(C)(C)C)c5)=C5/C=CC(N5)C5=N/C(=C(/c7cc(C(C)(C)C)cc(C(C)(C)C)c7)c7ccc6[nH]7)C=C5)C2=N4)C=C3)cc(C(C)(C)C)c1. The second kappa shape index (κ2) is 23.3. The lowest BCUT2D eigenvalue weighted by molar-refractivity contribution is 0.567. The first-order valence-corrected chi connectivity index (χ1v) is 36.6. The molecule has 0 radical (unpaired) electrons. The van der Waals surface area contributed by atoms with Gasteiger partial charge in [-0.25, -0.2) is 0 Å². The number of hydrogen-bond acceptors (Lipinski definition) is 6. The van der Waals surface area contributed by atoms with Crippen LogP contribution in [0.4, 0.5) is 0 Å². The van der Waals surface area contributed by atoms with Gasteiger partial charge in [-0.3, -0.25) is 20.0 Å². The number of aliphatic imine (C=N–C) groups is 4. The van der Waals surface area contributed by atoms with Crippen LogP contribution in [0.25, 0.3) is 22.3 Å². The highest BCUT2D eigenvalue weighted by Gasteiger charge is 2.40. The normalized spacial score (nSPS) is 23.7. The van der Waals surface area contributed by atoms with Gasteiger partial charge in [-0.1, -0.05) is 251 Å². The van der Waals surface area contributed by atoms with Gasteiger partial charge in [0.2, 0.25) is 0 Å². The van der Waals surface area contributed by atoms with E-state index in [9.17, 15) is 0 Å². The lowest BCUT2D eigenvalue weighted by Crippen LogP contribution is -2.30. The number of hydrogen-bond donors (Lipinski definition) is 4. The Morgan fingerprint density at radius 3 is 0.840 bits per heavy atom. The zero-order chi connectivity index (χ0) is 71.7. The standard InChI is InChI=1S/C92H106N8/c1-85(2,3)55-37-51(38-56(45-55)86(4,5)6)79-71-31-25-65(93-71)67-27-35-75(95-67)81(53-41-59(89(13,14)15)47-60(42-53)90(16,17)18)83-63(49-77(99-83)69-29-33-73(79)97-69)64-50-78-70-30-34-74(98-70)80(52-39-57(87(7,8)9)46-58(40-52)88(10,11)12)72-32-26-66(94-72)68-28-36-76(96-68)82(84(64)100-78)54-43-61(91(19,20)21)48-62(44-54)92(22,23)24/h25-50,67-68,77-78,95-98H,1-24H3/b79-71-,80-72-,81-75-,82-76-. The van der Waals surface area contributed by atoms with Gasteiger partial charge in [0.05, 0.1) is 46.3 Å². The maximum atomic E-state index is 6.19. The highest BCUT2D eigenvalue weighted by atomic mass is 15.0. The third-order valence-electron chi connectivity index (χ3n) is 21.4. The number of aromatic nitrogens is 2. The third kappa shape index (κ3) is 12.7. The van der Waals surface area contributed by atoms with Crippen molar-refractivity contribution in [3.8, 4) is 0 Å². The van der Waals surface area contributed by atoms with Gasteiger partial charge in [0, 0.05) is 67.6 Å². The number of nitrogens with zero attached hydrogens (tertiary/aromatic N) is 4. The summed E-state index contributed by atoms with van der Waals surface area (Å²) < 4.78 is 0. The number of aromatic amines is 2. The minimum Gasteiger partial charge on any atom is -0.373 e. The molecule has 514 valence electrons. The summed E-state index contributed by atoms with van der Waals surface area (Å²) in [6.07, 6.45) is 23.0. The fourth-order valence-electron chi connectivity index (χ4n) is 14.8. The van der Waals surface area contributed by atoms with E-state index < -0.39 is 12.1 Å². The predicted octanol–water partition coefficient (Wildman–Crippen LogP) is 21.7. The van der Waals surface area contributed by atoms with Crippen molar-refractivity contribution < 1.29 is 0 Å². The second-order valence-corrected chi connectivity index (χ2v) is 37.7. The molecule has 4 atom stereocenters. The molecular weight excluding hydrogens is 1220 g/mol. The molecule has 4 unspecified atom stereocenters. The van der Waals surface area contributed by atoms with Crippen molar-refractivity contribution >= 4 is 45.1 Å². The van der Waals surface area contributed by atoms with Crippen molar-refractivity contribution in [2.24, 2.45) is 20.0 Å². The van der Waals surface area contributed by atoms with E-state index in [0.717, 1.165) is 124 Å². The first kappa shape index (κ1) is 68.3. The number of allylic oxidation sites excluding steroid dienone is 8. The van der Waals surface area contributed by atoms with Crippen LogP contribution < -0.4 is 10.6 Å². The van der Waals surface area contributed by atoms with Crippen LogP contribution in [0.1, 0.15) is 268 Å². The molecule has 0 spiro atoms. The Labute approximate surface area is 597 Å². The third-order valence-corrected chi connectivity index (χ3v) is 21.4. The van der Waals surface area contributed by atoms with E-state index in [1.807, 2.05) is 0 Å². The van der Waals surface area contributed by atoms with Crippen molar-refractivity contribution in [3.05, 3.63) is 281 Å². The minimum absolute atomic E-state index is 0.0971. The number of benzene rings is 4. The van der Waals surface area contributed by atoms with Gasteiger partial charge in [0.25, 0.3) is 0 Å². The molecule has 0 amide bonds. The van der Waals surface area contributed by atoms with Crippen LogP contribution in [-0.4, -0.2) is 44.9 Å². The zero-order valence-electron chi connectivity index (χ0n) is 64.1. The molecule has 0 aliphatic carbocycles. The molecule has 8 heteroatoms. The summed E-state index contributed by atoms with van der Waals surface area (Å²) >= 11 is 0. The van der Waals surface area contributed by atoms with E-state index in [4.69, 9.17) is 20.0 Å². The van der Waals surface area contributed by atoms with Gasteiger partial charge in [-0.15, -0.1) is 0 Å². The van der Waals surface area contributed by atoms with Gasteiger partial charge in [0.15, 0.2) is 0 Å². The summed E-state index contributed by atoms with van der Waals surface area (Å²) in [5, 5.41) is 8.30. The van der Waals surface area contributed by atoms with Gasteiger partial charge in [-0.2, -0.15) is 0 Å². The monoisotopic (exact) mass is 1320 g/mol. The maximum absolute atomic E-state index is 6.19. The van der Waals surface area contributed by atoms with E-state index >= 15 is 0 Å². The van der Waals surface area contributed by atoms with Gasteiger partial charge in [-0.05, 0) is 183 Å². The first-order chi connectivity index (χ1) is 46.5. The Morgan fingerprint density at radius 1 is 0.300 bits per heavy atom. The molecule has 4 aromatic carbocycles. The summed E-state index contributed by atoms with van der Waals surface area (Å²) in [5.74, 6) is 0. The summed E-state index contributed by atoms with van der Waals surface area (Å²) in [7, 11) is 0. The van der Waals surface area contributed by atoms with Crippen LogP contribution in [0.5, 0.6) is 0 Å². The largest absolute Gasteiger partial charge is 0.373 e. The average Bonchev–Trinajstić information content (AvgIpc) is 1.55. The lowest BCUT2D eigenvalue weighted by atomic mass is 9.77. The first-order valence-electron chi connectivity index (χ1n) is 36.6. The number of rotatable bonds is 5. The summed E-state index contributed by atoms with van der Waals surface area (Å²) in [6, 6.07) is 36.8. The molecule has 0 fully saturated rings.